The summed E-state index contributed by atoms with van der Waals surface area (Å²) in [5, 5.41) is 0.464. The molecule has 1 aliphatic rings. The zero-order valence-electron chi connectivity index (χ0n) is 9.22. The quantitative estimate of drug-likeness (QED) is 0.732. The van der Waals surface area contributed by atoms with Gasteiger partial charge in [-0.05, 0) is 23.3 Å². The van der Waals surface area contributed by atoms with Crippen LogP contribution in [0.25, 0.3) is 0 Å². The number of hydrogen-bond acceptors (Lipinski definition) is 3. The lowest BCUT2D eigenvalue weighted by atomic mass is 10.2. The van der Waals surface area contributed by atoms with Gasteiger partial charge in [-0.3, -0.25) is 0 Å². The van der Waals surface area contributed by atoms with E-state index in [1.807, 2.05) is 0 Å². The van der Waals surface area contributed by atoms with Crippen molar-refractivity contribution in [2.45, 2.75) is 11.4 Å². The zero-order valence-corrected chi connectivity index (χ0v) is 11.6. The molecule has 7 heteroatoms. The van der Waals surface area contributed by atoms with Crippen molar-refractivity contribution in [3.8, 4) is 0 Å². The van der Waals surface area contributed by atoms with Crippen LogP contribution < -0.4 is 0 Å². The Kier molecular flexibility index (Phi) is 3.70. The average molecular weight is 294 g/mol. The highest BCUT2D eigenvalue weighted by Gasteiger charge is 2.29. The Hall–Kier alpha value is -0.270. The summed E-state index contributed by atoms with van der Waals surface area (Å²) in [4.78, 5) is 0.642. The van der Waals surface area contributed by atoms with Gasteiger partial charge in [0.25, 0.3) is 0 Å². The summed E-state index contributed by atoms with van der Waals surface area (Å²) in [6.07, 6.45) is 1.15. The number of benzene rings is 1. The number of nitrogens with zero attached hydrogens (tertiary/aromatic N) is 1. The first-order valence-electron chi connectivity index (χ1n) is 5.00. The summed E-state index contributed by atoms with van der Waals surface area (Å²) in [5.41, 5.74) is 0.649. The fourth-order valence-corrected chi connectivity index (χ4v) is 4.22. The first kappa shape index (κ1) is 13.2. The molecule has 1 atom stereocenters. The van der Waals surface area contributed by atoms with Gasteiger partial charge in [0, 0.05) is 12.1 Å². The monoisotopic (exact) mass is 293 g/mol. The van der Waals surface area contributed by atoms with Crippen LogP contribution in [0, 0.1) is 0 Å². The molecule has 0 amide bonds. The van der Waals surface area contributed by atoms with Crippen molar-refractivity contribution in [2.75, 3.05) is 18.6 Å². The van der Waals surface area contributed by atoms with Crippen molar-refractivity contribution < 1.29 is 13.0 Å². The van der Waals surface area contributed by atoms with E-state index in [0.29, 0.717) is 21.2 Å². The third-order valence-corrected chi connectivity index (χ3v) is 5.68. The molecule has 1 aliphatic heterocycles. The molecule has 0 N–H and O–H groups in total. The summed E-state index contributed by atoms with van der Waals surface area (Å²) in [5.74, 6) is 0.306. The minimum absolute atomic E-state index is 0.194. The fraction of sp³-hybridized carbons (Fsp3) is 0.400. The van der Waals surface area contributed by atoms with Crippen LogP contribution in [0.4, 0.5) is 0 Å². The van der Waals surface area contributed by atoms with E-state index in [1.54, 1.807) is 18.2 Å². The molecule has 1 aromatic carbocycles. The van der Waals surface area contributed by atoms with E-state index in [2.05, 4.69) is 0 Å². The maximum atomic E-state index is 12.0. The molecule has 0 aromatic heterocycles. The molecule has 0 bridgehead atoms. The van der Waals surface area contributed by atoms with Crippen molar-refractivity contribution in [3.63, 3.8) is 0 Å². The molecule has 1 unspecified atom stereocenters. The lowest BCUT2D eigenvalue weighted by molar-refractivity contribution is 0.430. The lowest BCUT2D eigenvalue weighted by Crippen LogP contribution is -2.31. The maximum Gasteiger partial charge on any atom is 0.211 e. The Morgan fingerprint density at radius 1 is 1.47 bits per heavy atom. The second-order valence-corrected chi connectivity index (χ2v) is 7.79. The van der Waals surface area contributed by atoms with E-state index < -0.39 is 21.2 Å². The Morgan fingerprint density at radius 2 is 2.18 bits per heavy atom. The van der Waals surface area contributed by atoms with Gasteiger partial charge in [0.15, 0.2) is 4.90 Å². The Morgan fingerprint density at radius 3 is 2.82 bits per heavy atom. The van der Waals surface area contributed by atoms with Crippen LogP contribution in [0.2, 0.25) is 5.02 Å². The molecule has 1 heterocycles. The van der Waals surface area contributed by atoms with Crippen LogP contribution in [0.5, 0.6) is 0 Å². The number of halogens is 1. The smallest absolute Gasteiger partial charge is 0.211 e. The molecule has 0 saturated carbocycles. The van der Waals surface area contributed by atoms with Crippen molar-refractivity contribution >= 4 is 32.8 Å². The van der Waals surface area contributed by atoms with Crippen molar-refractivity contribution in [3.05, 3.63) is 28.8 Å². The van der Waals surface area contributed by atoms with E-state index in [-0.39, 0.29) is 13.1 Å². The van der Waals surface area contributed by atoms with Crippen LogP contribution in [-0.4, -0.2) is 35.8 Å². The van der Waals surface area contributed by atoms with E-state index >= 15 is 0 Å². The highest BCUT2D eigenvalue weighted by Crippen LogP contribution is 2.29. The van der Waals surface area contributed by atoms with E-state index in [4.69, 9.17) is 11.6 Å². The average Bonchev–Trinajstić information content (AvgIpc) is 2.39. The first-order chi connectivity index (χ1) is 7.89. The number of rotatable bonds is 1. The normalized spacial score (nSPS) is 21.9. The SMILES string of the molecule is CS(=O)(=O)N1CC[S+]([O-])c2cccc(Cl)c2C1. The molecular weight excluding hydrogens is 282 g/mol. The molecule has 4 nitrogen and oxygen atoms in total. The number of sulfonamides is 1. The third kappa shape index (κ3) is 2.77. The summed E-state index contributed by atoms with van der Waals surface area (Å²) in [6, 6.07) is 5.15. The minimum Gasteiger partial charge on any atom is -0.611 e. The molecule has 1 aromatic rings. The minimum atomic E-state index is -3.29. The second kappa shape index (κ2) is 4.78. The maximum absolute atomic E-state index is 12.0. The van der Waals surface area contributed by atoms with Crippen LogP contribution in [0.3, 0.4) is 0 Å². The highest BCUT2D eigenvalue weighted by atomic mass is 35.5. The molecular formula is C10H12ClNO3S2. The van der Waals surface area contributed by atoms with Crippen molar-refractivity contribution in [1.29, 1.82) is 0 Å². The molecule has 94 valence electrons. The van der Waals surface area contributed by atoms with E-state index in [0.717, 1.165) is 6.26 Å². The summed E-state index contributed by atoms with van der Waals surface area (Å²) in [7, 11) is -3.29. The molecule has 2 rings (SSSR count). The Balaban J connectivity index is 2.47. The topological polar surface area (TPSA) is 60.4 Å². The van der Waals surface area contributed by atoms with Gasteiger partial charge < -0.3 is 4.55 Å². The molecule has 17 heavy (non-hydrogen) atoms. The standard InChI is InChI=1S/C10H12ClNO3S2/c1-17(14,15)12-5-6-16(13)10-4-2-3-9(11)8(10)7-12/h2-4H,5-7H2,1H3. The van der Waals surface area contributed by atoms with Gasteiger partial charge in [0.1, 0.15) is 5.75 Å². The van der Waals surface area contributed by atoms with Gasteiger partial charge >= 0.3 is 0 Å². The summed E-state index contributed by atoms with van der Waals surface area (Å²) < 4.78 is 36.4. The fourth-order valence-electron chi connectivity index (χ4n) is 1.74. The Bertz CT molecular complexity index is 532. The molecule has 0 fully saturated rings. The predicted molar refractivity (Wildman–Crippen MR) is 68.0 cm³/mol. The van der Waals surface area contributed by atoms with Gasteiger partial charge in [-0.2, -0.15) is 4.31 Å². The van der Waals surface area contributed by atoms with Gasteiger partial charge in [-0.25, -0.2) is 8.42 Å². The largest absolute Gasteiger partial charge is 0.611 e. The Labute approximate surface area is 109 Å². The highest BCUT2D eigenvalue weighted by molar-refractivity contribution is 7.91. The molecule has 0 aliphatic carbocycles. The van der Waals surface area contributed by atoms with Gasteiger partial charge in [-0.1, -0.05) is 17.7 Å². The molecule has 0 radical (unpaired) electrons. The lowest BCUT2D eigenvalue weighted by Gasteiger charge is -2.16. The predicted octanol–water partition coefficient (Wildman–Crippen LogP) is 1.22. The third-order valence-electron chi connectivity index (χ3n) is 2.65. The van der Waals surface area contributed by atoms with Crippen LogP contribution in [0.1, 0.15) is 5.56 Å². The van der Waals surface area contributed by atoms with Crippen LogP contribution in [0.15, 0.2) is 23.1 Å². The van der Waals surface area contributed by atoms with E-state index in [1.165, 1.54) is 4.31 Å². The van der Waals surface area contributed by atoms with Crippen molar-refractivity contribution in [2.24, 2.45) is 0 Å². The van der Waals surface area contributed by atoms with Gasteiger partial charge in [-0.15, -0.1) is 0 Å². The van der Waals surface area contributed by atoms with Gasteiger partial charge in [0.05, 0.1) is 17.8 Å². The van der Waals surface area contributed by atoms with Gasteiger partial charge in [0.2, 0.25) is 10.0 Å². The summed E-state index contributed by atoms with van der Waals surface area (Å²) >= 11 is 4.85. The van der Waals surface area contributed by atoms with Crippen LogP contribution in [-0.2, 0) is 27.7 Å². The first-order valence-corrected chi connectivity index (χ1v) is 8.55. The number of fused-ring (bicyclic) bond motifs is 1. The molecule has 0 spiro atoms. The van der Waals surface area contributed by atoms with Crippen molar-refractivity contribution in [1.82, 2.24) is 4.31 Å². The summed E-state index contributed by atoms with van der Waals surface area (Å²) in [6.45, 7) is 0.454. The van der Waals surface area contributed by atoms with Crippen LogP contribution >= 0.6 is 11.6 Å². The molecule has 0 saturated heterocycles. The second-order valence-electron chi connectivity index (χ2n) is 3.86. The van der Waals surface area contributed by atoms with E-state index in [9.17, 15) is 13.0 Å². The number of hydrogen-bond donors (Lipinski definition) is 0. The zero-order chi connectivity index (χ0) is 12.6.